The molecular formula is C20H39O7P-2. The standard InChI is InChI=1S/C20H41O7P/c1-2-3-4-5-6-7-8-9-10-11-12-13-14-15-16-20(22)26-17-19(21)18-27-28(23,24)25/h19,21H,2-18H2,1H3,(H2,23,24,25)/p-2/t19-/m1/s1. The molecule has 0 fully saturated rings. The molecule has 0 aromatic heterocycles. The summed E-state index contributed by atoms with van der Waals surface area (Å²) in [6.07, 6.45) is 16.3. The number of phosphoric ester groups is 1. The van der Waals surface area contributed by atoms with Crippen molar-refractivity contribution in [1.29, 1.82) is 0 Å². The zero-order valence-corrected chi connectivity index (χ0v) is 18.3. The number of aliphatic hydroxyl groups excluding tert-OH is 1. The van der Waals surface area contributed by atoms with E-state index in [-0.39, 0.29) is 13.0 Å². The van der Waals surface area contributed by atoms with E-state index in [9.17, 15) is 24.3 Å². The number of hydrogen-bond acceptors (Lipinski definition) is 7. The van der Waals surface area contributed by atoms with Gasteiger partial charge in [0.1, 0.15) is 12.7 Å². The molecule has 0 aliphatic carbocycles. The van der Waals surface area contributed by atoms with E-state index in [1.807, 2.05) is 0 Å². The summed E-state index contributed by atoms with van der Waals surface area (Å²) in [7, 11) is -5.11. The molecule has 0 aliphatic heterocycles. The summed E-state index contributed by atoms with van der Waals surface area (Å²) in [6, 6.07) is 0. The van der Waals surface area contributed by atoms with Crippen molar-refractivity contribution in [3.63, 3.8) is 0 Å². The zero-order valence-electron chi connectivity index (χ0n) is 17.4. The van der Waals surface area contributed by atoms with Gasteiger partial charge in [0, 0.05) is 6.42 Å². The van der Waals surface area contributed by atoms with Gasteiger partial charge in [0.05, 0.1) is 14.4 Å². The fourth-order valence-electron chi connectivity index (χ4n) is 2.95. The van der Waals surface area contributed by atoms with Crippen LogP contribution in [0.1, 0.15) is 103 Å². The number of rotatable bonds is 20. The van der Waals surface area contributed by atoms with Gasteiger partial charge >= 0.3 is 5.97 Å². The average molecular weight is 422 g/mol. The first kappa shape index (κ1) is 27.5. The molecule has 0 rings (SSSR count). The molecule has 0 bridgehead atoms. The molecule has 1 atom stereocenters. The summed E-state index contributed by atoms with van der Waals surface area (Å²) in [6.45, 7) is 1.17. The normalized spacial score (nSPS) is 12.9. The summed E-state index contributed by atoms with van der Waals surface area (Å²) in [4.78, 5) is 32.0. The van der Waals surface area contributed by atoms with Crippen molar-refractivity contribution < 1.29 is 33.5 Å². The summed E-state index contributed by atoms with van der Waals surface area (Å²) in [5.41, 5.74) is 0. The van der Waals surface area contributed by atoms with Crippen LogP contribution >= 0.6 is 7.82 Å². The Balaban J connectivity index is 3.31. The minimum Gasteiger partial charge on any atom is -0.790 e. The summed E-state index contributed by atoms with van der Waals surface area (Å²) >= 11 is 0. The molecule has 0 unspecified atom stereocenters. The van der Waals surface area contributed by atoms with E-state index in [1.54, 1.807) is 0 Å². The molecule has 0 aromatic carbocycles. The first-order valence-electron chi connectivity index (χ1n) is 10.9. The fourth-order valence-corrected chi connectivity index (χ4v) is 3.31. The van der Waals surface area contributed by atoms with Gasteiger partial charge in [-0.05, 0) is 6.42 Å². The van der Waals surface area contributed by atoms with Crippen LogP contribution in [0.3, 0.4) is 0 Å². The highest BCUT2D eigenvalue weighted by molar-refractivity contribution is 7.43. The van der Waals surface area contributed by atoms with E-state index in [2.05, 4.69) is 11.4 Å². The summed E-state index contributed by atoms with van der Waals surface area (Å²) < 4.78 is 19.0. The number of ether oxygens (including phenoxy) is 1. The van der Waals surface area contributed by atoms with Gasteiger partial charge in [-0.3, -0.25) is 4.79 Å². The molecule has 0 saturated carbocycles. The Bertz CT molecular complexity index is 411. The van der Waals surface area contributed by atoms with Crippen LogP contribution < -0.4 is 9.79 Å². The lowest BCUT2D eigenvalue weighted by Gasteiger charge is -2.29. The van der Waals surface area contributed by atoms with Crippen LogP contribution in [0.4, 0.5) is 0 Å². The van der Waals surface area contributed by atoms with Crippen molar-refractivity contribution in [3.05, 3.63) is 0 Å². The molecule has 0 amide bonds. The molecule has 28 heavy (non-hydrogen) atoms. The largest absolute Gasteiger partial charge is 0.790 e. The fraction of sp³-hybridized carbons (Fsp3) is 0.950. The molecule has 7 nitrogen and oxygen atoms in total. The lowest BCUT2D eigenvalue weighted by molar-refractivity contribution is -0.342. The second-order valence-electron chi connectivity index (χ2n) is 7.43. The van der Waals surface area contributed by atoms with Crippen LogP contribution in [0.5, 0.6) is 0 Å². The molecule has 168 valence electrons. The highest BCUT2D eigenvalue weighted by atomic mass is 31.2. The summed E-state index contributed by atoms with van der Waals surface area (Å²) in [5, 5.41) is 9.35. The number of aliphatic hydroxyl groups is 1. The molecule has 0 saturated heterocycles. The Morgan fingerprint density at radius 1 is 0.821 bits per heavy atom. The maximum atomic E-state index is 11.5. The second kappa shape index (κ2) is 18.6. The van der Waals surface area contributed by atoms with Crippen LogP contribution in [-0.4, -0.2) is 30.4 Å². The first-order valence-corrected chi connectivity index (χ1v) is 12.3. The third-order valence-corrected chi connectivity index (χ3v) is 5.06. The Kier molecular flexibility index (Phi) is 18.3. The Morgan fingerprint density at radius 2 is 1.25 bits per heavy atom. The molecule has 8 heteroatoms. The lowest BCUT2D eigenvalue weighted by Crippen LogP contribution is -2.26. The van der Waals surface area contributed by atoms with Crippen molar-refractivity contribution in [3.8, 4) is 0 Å². The average Bonchev–Trinajstić information content (AvgIpc) is 2.64. The minimum absolute atomic E-state index is 0.271. The third kappa shape index (κ3) is 21.8. The number of unbranched alkanes of at least 4 members (excludes halogenated alkanes) is 13. The van der Waals surface area contributed by atoms with E-state index in [1.165, 1.54) is 70.6 Å². The summed E-state index contributed by atoms with van der Waals surface area (Å²) in [5.74, 6) is -0.439. The van der Waals surface area contributed by atoms with Crippen molar-refractivity contribution >= 4 is 13.8 Å². The van der Waals surface area contributed by atoms with Gasteiger partial charge in [-0.25, -0.2) is 0 Å². The van der Waals surface area contributed by atoms with Gasteiger partial charge in [0.2, 0.25) is 0 Å². The molecule has 0 radical (unpaired) electrons. The maximum Gasteiger partial charge on any atom is 0.305 e. The topological polar surface area (TPSA) is 119 Å². The molecule has 0 spiro atoms. The van der Waals surface area contributed by atoms with Crippen LogP contribution in [0.25, 0.3) is 0 Å². The molecule has 0 aromatic rings. The van der Waals surface area contributed by atoms with E-state index in [4.69, 9.17) is 4.74 Å². The Morgan fingerprint density at radius 3 is 1.68 bits per heavy atom. The molecular weight excluding hydrogens is 383 g/mol. The monoisotopic (exact) mass is 422 g/mol. The first-order chi connectivity index (χ1) is 13.3. The van der Waals surface area contributed by atoms with Crippen molar-refractivity contribution in [2.45, 2.75) is 109 Å². The van der Waals surface area contributed by atoms with Gasteiger partial charge in [-0.1, -0.05) is 90.4 Å². The van der Waals surface area contributed by atoms with E-state index in [0.29, 0.717) is 0 Å². The van der Waals surface area contributed by atoms with Crippen LogP contribution in [0.2, 0.25) is 0 Å². The number of esters is 1. The van der Waals surface area contributed by atoms with Crippen molar-refractivity contribution in [1.82, 2.24) is 0 Å². The third-order valence-electron chi connectivity index (χ3n) is 4.60. The van der Waals surface area contributed by atoms with Gasteiger partial charge in [-0.2, -0.15) is 0 Å². The number of carbonyl (C=O) groups is 1. The van der Waals surface area contributed by atoms with Crippen LogP contribution in [0, 0.1) is 0 Å². The Labute approximate surface area is 170 Å². The second-order valence-corrected chi connectivity index (χ2v) is 8.58. The predicted molar refractivity (Wildman–Crippen MR) is 105 cm³/mol. The van der Waals surface area contributed by atoms with Crippen molar-refractivity contribution in [2.75, 3.05) is 13.2 Å². The quantitative estimate of drug-likeness (QED) is 0.181. The van der Waals surface area contributed by atoms with Crippen LogP contribution in [0.15, 0.2) is 0 Å². The van der Waals surface area contributed by atoms with E-state index in [0.717, 1.165) is 19.3 Å². The van der Waals surface area contributed by atoms with Crippen molar-refractivity contribution in [2.24, 2.45) is 0 Å². The predicted octanol–water partition coefficient (Wildman–Crippen LogP) is 3.61. The SMILES string of the molecule is CCCCCCCCCCCCCCCCC(=O)OC[C@@H](O)COP(=O)([O-])[O-]. The Hall–Kier alpha value is -0.460. The highest BCUT2D eigenvalue weighted by Crippen LogP contribution is 2.24. The van der Waals surface area contributed by atoms with Gasteiger partial charge in [0.15, 0.2) is 0 Å². The lowest BCUT2D eigenvalue weighted by atomic mass is 10.0. The van der Waals surface area contributed by atoms with E-state index < -0.39 is 26.5 Å². The minimum atomic E-state index is -5.11. The molecule has 0 heterocycles. The van der Waals surface area contributed by atoms with Gasteiger partial charge in [0.25, 0.3) is 0 Å². The maximum absolute atomic E-state index is 11.5. The van der Waals surface area contributed by atoms with Gasteiger partial charge in [-0.15, -0.1) is 0 Å². The van der Waals surface area contributed by atoms with Gasteiger partial charge < -0.3 is 28.7 Å². The molecule has 1 N–H and O–H groups in total. The van der Waals surface area contributed by atoms with Crippen LogP contribution in [-0.2, 0) is 18.6 Å². The number of phosphoric acid groups is 1. The molecule has 0 aliphatic rings. The number of hydrogen-bond donors (Lipinski definition) is 1. The zero-order chi connectivity index (χ0) is 21.1. The number of carbonyl (C=O) groups excluding carboxylic acids is 1. The van der Waals surface area contributed by atoms with E-state index >= 15 is 0 Å². The highest BCUT2D eigenvalue weighted by Gasteiger charge is 2.09. The smallest absolute Gasteiger partial charge is 0.305 e.